The summed E-state index contributed by atoms with van der Waals surface area (Å²) in [6, 6.07) is 10.6. The first-order chi connectivity index (χ1) is 13.5. The lowest BCUT2D eigenvalue weighted by atomic mass is 10.1. The summed E-state index contributed by atoms with van der Waals surface area (Å²) in [5.41, 5.74) is 1.44. The zero-order chi connectivity index (χ0) is 20.1. The topological polar surface area (TPSA) is 57.1 Å². The molecule has 1 heterocycles. The van der Waals surface area contributed by atoms with Crippen LogP contribution in [-0.2, 0) is 9.53 Å². The van der Waals surface area contributed by atoms with Crippen molar-refractivity contribution in [3.05, 3.63) is 75.4 Å². The quantitative estimate of drug-likeness (QED) is 0.314. The Balaban J connectivity index is 1.97. The van der Waals surface area contributed by atoms with E-state index in [4.69, 9.17) is 25.8 Å². The van der Waals surface area contributed by atoms with Gasteiger partial charge in [-0.1, -0.05) is 36.4 Å². The summed E-state index contributed by atoms with van der Waals surface area (Å²) < 4.78 is 17.3. The number of esters is 1. The molecule has 0 fully saturated rings. The molecule has 0 saturated heterocycles. The number of nitrogens with zero attached hydrogens (tertiary/aromatic N) is 1. The molecule has 0 atom stereocenters. The molecule has 2 aromatic rings. The summed E-state index contributed by atoms with van der Waals surface area (Å²) in [6.07, 6.45) is 3.27. The van der Waals surface area contributed by atoms with Crippen molar-refractivity contribution in [2.75, 3.05) is 13.2 Å². The highest BCUT2D eigenvalue weighted by atomic mass is 79.9. The lowest BCUT2D eigenvalue weighted by Crippen LogP contribution is -2.05. The van der Waals surface area contributed by atoms with E-state index in [9.17, 15) is 4.79 Å². The number of halogens is 2. The Hall–Kier alpha value is -2.57. The Morgan fingerprint density at radius 3 is 2.79 bits per heavy atom. The van der Waals surface area contributed by atoms with E-state index >= 15 is 0 Å². The monoisotopic (exact) mass is 461 g/mol. The van der Waals surface area contributed by atoms with E-state index in [2.05, 4.69) is 27.5 Å². The van der Waals surface area contributed by atoms with E-state index in [1.54, 1.807) is 42.5 Å². The number of carbonyl (C=O) groups is 1. The second-order valence-corrected chi connectivity index (χ2v) is 6.94. The van der Waals surface area contributed by atoms with Gasteiger partial charge < -0.3 is 14.2 Å². The molecule has 5 nitrogen and oxygen atoms in total. The minimum atomic E-state index is -0.545. The number of cyclic esters (lactones) is 1. The number of hydrogen-bond acceptors (Lipinski definition) is 5. The van der Waals surface area contributed by atoms with E-state index in [1.807, 2.05) is 13.0 Å². The maximum absolute atomic E-state index is 12.3. The van der Waals surface area contributed by atoms with Gasteiger partial charge in [0.2, 0.25) is 5.90 Å². The average Bonchev–Trinajstić information content (AvgIpc) is 3.02. The largest absolute Gasteiger partial charge is 0.490 e. The van der Waals surface area contributed by atoms with E-state index in [-0.39, 0.29) is 11.6 Å². The van der Waals surface area contributed by atoms with Crippen LogP contribution >= 0.6 is 27.5 Å². The van der Waals surface area contributed by atoms with Crippen molar-refractivity contribution in [2.24, 2.45) is 4.99 Å². The molecule has 144 valence electrons. The number of benzene rings is 2. The standard InChI is InChI=1S/C21H17BrClNO4/c1-3-9-27-19-15(22)10-13(12-18(19)26-4-2)11-17-21(25)28-20(24-17)14-7-5-6-8-16(14)23/h3,5-8,10-12H,1,4,9H2,2H3/b17-11-. The van der Waals surface area contributed by atoms with E-state index in [0.29, 0.717) is 45.3 Å². The van der Waals surface area contributed by atoms with E-state index in [1.165, 1.54) is 0 Å². The van der Waals surface area contributed by atoms with E-state index < -0.39 is 5.97 Å². The molecule has 0 amide bonds. The molecule has 0 bridgehead atoms. The Bertz CT molecular complexity index is 984. The lowest BCUT2D eigenvalue weighted by Gasteiger charge is -2.13. The van der Waals surface area contributed by atoms with Gasteiger partial charge in [-0.25, -0.2) is 9.79 Å². The highest BCUT2D eigenvalue weighted by molar-refractivity contribution is 9.10. The molecule has 1 aliphatic rings. The van der Waals surface area contributed by atoms with Crippen LogP contribution < -0.4 is 9.47 Å². The fraction of sp³-hybridized carbons (Fsp3) is 0.143. The summed E-state index contributed by atoms with van der Waals surface area (Å²) in [5, 5.41) is 0.459. The van der Waals surface area contributed by atoms with Gasteiger partial charge in [0.05, 0.1) is 21.7 Å². The lowest BCUT2D eigenvalue weighted by molar-refractivity contribution is -0.129. The molecule has 7 heteroatoms. The van der Waals surface area contributed by atoms with Crippen LogP contribution in [0.1, 0.15) is 18.1 Å². The smallest absolute Gasteiger partial charge is 0.363 e. The maximum atomic E-state index is 12.3. The number of carbonyl (C=O) groups excluding carboxylic acids is 1. The van der Waals surface area contributed by atoms with Gasteiger partial charge in [-0.05, 0) is 58.8 Å². The molecular weight excluding hydrogens is 446 g/mol. The van der Waals surface area contributed by atoms with Crippen molar-refractivity contribution in [3.8, 4) is 11.5 Å². The van der Waals surface area contributed by atoms with Crippen LogP contribution in [0.4, 0.5) is 0 Å². The molecule has 0 saturated carbocycles. The fourth-order valence-electron chi connectivity index (χ4n) is 2.53. The van der Waals surface area contributed by atoms with Crippen LogP contribution in [0.3, 0.4) is 0 Å². The van der Waals surface area contributed by atoms with Crippen molar-refractivity contribution in [3.63, 3.8) is 0 Å². The van der Waals surface area contributed by atoms with Gasteiger partial charge in [0, 0.05) is 0 Å². The Morgan fingerprint density at radius 2 is 2.07 bits per heavy atom. The van der Waals surface area contributed by atoms with Crippen molar-refractivity contribution >= 4 is 45.5 Å². The van der Waals surface area contributed by atoms with Crippen LogP contribution in [0.25, 0.3) is 6.08 Å². The number of aliphatic imine (C=N–C) groups is 1. The molecule has 0 aromatic heterocycles. The maximum Gasteiger partial charge on any atom is 0.363 e. The van der Waals surface area contributed by atoms with Crippen LogP contribution in [0, 0.1) is 0 Å². The van der Waals surface area contributed by atoms with Gasteiger partial charge in [-0.2, -0.15) is 0 Å². The predicted molar refractivity (Wildman–Crippen MR) is 113 cm³/mol. The first-order valence-corrected chi connectivity index (χ1v) is 9.68. The van der Waals surface area contributed by atoms with Gasteiger partial charge in [-0.3, -0.25) is 0 Å². The van der Waals surface area contributed by atoms with Crippen LogP contribution in [0.2, 0.25) is 5.02 Å². The minimum Gasteiger partial charge on any atom is -0.490 e. The second kappa shape index (κ2) is 9.08. The summed E-state index contributed by atoms with van der Waals surface area (Å²) >= 11 is 9.64. The average molecular weight is 463 g/mol. The Kier molecular flexibility index (Phi) is 6.54. The van der Waals surface area contributed by atoms with E-state index in [0.717, 1.165) is 0 Å². The number of hydrogen-bond donors (Lipinski definition) is 0. The fourth-order valence-corrected chi connectivity index (χ4v) is 3.32. The van der Waals surface area contributed by atoms with Gasteiger partial charge in [0.15, 0.2) is 17.2 Å². The van der Waals surface area contributed by atoms with Crippen molar-refractivity contribution in [2.45, 2.75) is 6.92 Å². The number of rotatable bonds is 7. The van der Waals surface area contributed by atoms with Crippen molar-refractivity contribution in [1.29, 1.82) is 0 Å². The normalized spacial score (nSPS) is 14.6. The third-order valence-corrected chi connectivity index (χ3v) is 4.62. The summed E-state index contributed by atoms with van der Waals surface area (Å²) in [7, 11) is 0. The zero-order valence-corrected chi connectivity index (χ0v) is 17.4. The molecule has 0 unspecified atom stereocenters. The molecule has 2 aromatic carbocycles. The molecule has 0 spiro atoms. The van der Waals surface area contributed by atoms with Crippen LogP contribution in [0.15, 0.2) is 64.2 Å². The van der Waals surface area contributed by atoms with Gasteiger partial charge in [0.1, 0.15) is 6.61 Å². The molecule has 0 radical (unpaired) electrons. The third kappa shape index (κ3) is 4.46. The molecule has 28 heavy (non-hydrogen) atoms. The molecule has 0 aliphatic carbocycles. The third-order valence-electron chi connectivity index (χ3n) is 3.71. The van der Waals surface area contributed by atoms with Crippen LogP contribution in [0.5, 0.6) is 11.5 Å². The van der Waals surface area contributed by atoms with Crippen molar-refractivity contribution < 1.29 is 19.0 Å². The van der Waals surface area contributed by atoms with Gasteiger partial charge >= 0.3 is 5.97 Å². The van der Waals surface area contributed by atoms with Crippen LogP contribution in [-0.4, -0.2) is 25.1 Å². The molecular formula is C21H17BrClNO4. The van der Waals surface area contributed by atoms with Gasteiger partial charge in [0.25, 0.3) is 0 Å². The first-order valence-electron chi connectivity index (χ1n) is 8.51. The zero-order valence-electron chi connectivity index (χ0n) is 15.1. The first kappa shape index (κ1) is 20.2. The minimum absolute atomic E-state index is 0.170. The highest BCUT2D eigenvalue weighted by Crippen LogP contribution is 2.38. The Morgan fingerprint density at radius 1 is 1.29 bits per heavy atom. The number of ether oxygens (including phenoxy) is 3. The summed E-state index contributed by atoms with van der Waals surface area (Å²) in [4.78, 5) is 16.5. The summed E-state index contributed by atoms with van der Waals surface area (Å²) in [6.45, 7) is 6.34. The SMILES string of the molecule is C=CCOc1c(Br)cc(/C=C2\N=C(c3ccccc3Cl)OC2=O)cc1OCC. The van der Waals surface area contributed by atoms with Gasteiger partial charge in [-0.15, -0.1) is 0 Å². The molecule has 0 N–H and O–H groups in total. The van der Waals surface area contributed by atoms with Crippen molar-refractivity contribution in [1.82, 2.24) is 0 Å². The Labute approximate surface area is 176 Å². The molecule has 3 rings (SSSR count). The highest BCUT2D eigenvalue weighted by Gasteiger charge is 2.25. The summed E-state index contributed by atoms with van der Waals surface area (Å²) in [5.74, 6) is 0.748. The molecule has 1 aliphatic heterocycles. The predicted octanol–water partition coefficient (Wildman–Crippen LogP) is 5.41. The second-order valence-electron chi connectivity index (χ2n) is 5.68.